The molecule has 0 heterocycles. The fourth-order valence-electron chi connectivity index (χ4n) is 2.55. The second kappa shape index (κ2) is 9.00. The molecule has 0 unspecified atom stereocenters. The number of nitriles is 1. The van der Waals surface area contributed by atoms with Gasteiger partial charge in [0.05, 0.1) is 6.61 Å². The van der Waals surface area contributed by atoms with Crippen molar-refractivity contribution in [2.75, 3.05) is 6.61 Å². The van der Waals surface area contributed by atoms with Crippen molar-refractivity contribution in [3.05, 3.63) is 89.5 Å². The summed E-state index contributed by atoms with van der Waals surface area (Å²) < 4.78 is 5.02. The first-order chi connectivity index (χ1) is 12.6. The number of hydrogen-bond donors (Lipinski definition) is 1. The lowest BCUT2D eigenvalue weighted by Crippen LogP contribution is -2.08. The van der Waals surface area contributed by atoms with Crippen LogP contribution in [0.3, 0.4) is 0 Å². The van der Waals surface area contributed by atoms with Crippen molar-refractivity contribution in [1.29, 1.82) is 5.26 Å². The molecule has 0 aliphatic heterocycles. The van der Waals surface area contributed by atoms with Gasteiger partial charge in [-0.1, -0.05) is 61.2 Å². The van der Waals surface area contributed by atoms with Crippen LogP contribution in [0.1, 0.15) is 16.7 Å². The second-order valence-corrected chi connectivity index (χ2v) is 5.31. The van der Waals surface area contributed by atoms with Crippen LogP contribution in [0.2, 0.25) is 0 Å². The quantitative estimate of drug-likeness (QED) is 0.471. The lowest BCUT2D eigenvalue weighted by Gasteiger charge is -2.14. The van der Waals surface area contributed by atoms with Gasteiger partial charge in [0.15, 0.2) is 0 Å². The number of carboxylic acid groups (broad SMARTS) is 1. The van der Waals surface area contributed by atoms with E-state index in [1.54, 1.807) is 42.5 Å². The lowest BCUT2D eigenvalue weighted by molar-refractivity contribution is -0.137. The summed E-state index contributed by atoms with van der Waals surface area (Å²) in [6, 6.07) is 17.8. The Balaban J connectivity index is 2.54. The van der Waals surface area contributed by atoms with Crippen molar-refractivity contribution in [3.8, 4) is 6.07 Å². The Hall–Kier alpha value is -3.65. The number of benzene rings is 2. The molecule has 2 aromatic carbocycles. The highest BCUT2D eigenvalue weighted by Crippen LogP contribution is 2.30. The van der Waals surface area contributed by atoms with Gasteiger partial charge in [-0.3, -0.25) is 0 Å². The number of ether oxygens (including phenoxy) is 1. The molecule has 5 nitrogen and oxygen atoms in total. The van der Waals surface area contributed by atoms with Crippen LogP contribution in [0, 0.1) is 11.3 Å². The topological polar surface area (TPSA) is 87.4 Å². The minimum Gasteiger partial charge on any atom is -0.477 e. The van der Waals surface area contributed by atoms with Gasteiger partial charge in [-0.05, 0) is 16.7 Å². The molecule has 0 aromatic heterocycles. The molecule has 26 heavy (non-hydrogen) atoms. The Labute approximate surface area is 151 Å². The first-order valence-corrected chi connectivity index (χ1v) is 7.89. The van der Waals surface area contributed by atoms with Crippen LogP contribution in [-0.4, -0.2) is 23.7 Å². The fourth-order valence-corrected chi connectivity index (χ4v) is 2.55. The third kappa shape index (κ3) is 4.46. The Morgan fingerprint density at radius 2 is 1.77 bits per heavy atom. The molecule has 2 rings (SSSR count). The number of aliphatic carboxylic acids is 1. The number of hydrogen-bond acceptors (Lipinski definition) is 4. The van der Waals surface area contributed by atoms with Crippen molar-refractivity contribution in [2.24, 2.45) is 0 Å². The average Bonchev–Trinajstić information content (AvgIpc) is 2.66. The molecule has 5 heteroatoms. The van der Waals surface area contributed by atoms with E-state index in [2.05, 4.69) is 6.58 Å². The summed E-state index contributed by atoms with van der Waals surface area (Å²) in [7, 11) is 0. The van der Waals surface area contributed by atoms with Crippen molar-refractivity contribution in [1.82, 2.24) is 0 Å². The van der Waals surface area contributed by atoms with Gasteiger partial charge < -0.3 is 9.84 Å². The standard InChI is InChI=1S/C21H17NO4/c1-2-19(23)26-13-12-15-8-6-7-11-17(15)20(18(14-22)21(24)25)16-9-4-3-5-10-16/h2-11H,1,12-13H2,(H,24,25). The van der Waals surface area contributed by atoms with Crippen molar-refractivity contribution < 1.29 is 19.4 Å². The molecular formula is C21H17NO4. The third-order valence-electron chi connectivity index (χ3n) is 3.71. The SMILES string of the molecule is C=CC(=O)OCCc1ccccc1C(=C(C#N)C(=O)O)c1ccccc1. The summed E-state index contributed by atoms with van der Waals surface area (Å²) in [5.41, 5.74) is 2.02. The van der Waals surface area contributed by atoms with E-state index in [0.29, 0.717) is 23.1 Å². The Morgan fingerprint density at radius 1 is 1.12 bits per heavy atom. The van der Waals surface area contributed by atoms with Crippen LogP contribution in [0.4, 0.5) is 0 Å². The van der Waals surface area contributed by atoms with E-state index in [0.717, 1.165) is 11.6 Å². The largest absolute Gasteiger partial charge is 0.477 e. The van der Waals surface area contributed by atoms with Gasteiger partial charge in [-0.25, -0.2) is 9.59 Å². The molecule has 0 fully saturated rings. The van der Waals surface area contributed by atoms with Crippen molar-refractivity contribution in [3.63, 3.8) is 0 Å². The molecule has 0 saturated heterocycles. The van der Waals surface area contributed by atoms with Crippen LogP contribution in [-0.2, 0) is 20.7 Å². The summed E-state index contributed by atoms with van der Waals surface area (Å²) >= 11 is 0. The number of rotatable bonds is 7. The number of carbonyl (C=O) groups excluding carboxylic acids is 1. The molecule has 0 aliphatic carbocycles. The summed E-state index contributed by atoms with van der Waals surface area (Å²) in [5, 5.41) is 18.9. The fraction of sp³-hybridized carbons (Fsp3) is 0.0952. The predicted octanol–water partition coefficient (Wildman–Crippen LogP) is 3.37. The van der Waals surface area contributed by atoms with E-state index in [1.807, 2.05) is 18.2 Å². The number of nitrogens with zero attached hydrogens (tertiary/aromatic N) is 1. The van der Waals surface area contributed by atoms with Crippen molar-refractivity contribution >= 4 is 17.5 Å². The minimum atomic E-state index is -1.29. The van der Waals surface area contributed by atoms with Crippen LogP contribution in [0.5, 0.6) is 0 Å². The van der Waals surface area contributed by atoms with Gasteiger partial charge in [0.1, 0.15) is 11.6 Å². The van der Waals surface area contributed by atoms with E-state index in [9.17, 15) is 20.0 Å². The molecule has 0 bridgehead atoms. The maximum Gasteiger partial charge on any atom is 0.347 e. The zero-order valence-electron chi connectivity index (χ0n) is 14.0. The Morgan fingerprint density at radius 3 is 2.38 bits per heavy atom. The highest BCUT2D eigenvalue weighted by atomic mass is 16.5. The smallest absolute Gasteiger partial charge is 0.347 e. The second-order valence-electron chi connectivity index (χ2n) is 5.31. The first-order valence-electron chi connectivity index (χ1n) is 7.89. The highest BCUT2D eigenvalue weighted by molar-refractivity contribution is 6.04. The third-order valence-corrected chi connectivity index (χ3v) is 3.71. The van der Waals surface area contributed by atoms with Crippen LogP contribution in [0.15, 0.2) is 72.8 Å². The summed E-state index contributed by atoms with van der Waals surface area (Å²) in [5.74, 6) is -1.82. The molecule has 0 aliphatic rings. The molecule has 0 atom stereocenters. The molecule has 130 valence electrons. The lowest BCUT2D eigenvalue weighted by atomic mass is 9.89. The maximum atomic E-state index is 11.6. The zero-order valence-corrected chi connectivity index (χ0v) is 14.0. The van der Waals surface area contributed by atoms with Crippen LogP contribution < -0.4 is 0 Å². The molecule has 1 N–H and O–H groups in total. The molecule has 0 saturated carbocycles. The average molecular weight is 347 g/mol. The normalized spacial score (nSPS) is 11.0. The van der Waals surface area contributed by atoms with Gasteiger partial charge in [0, 0.05) is 18.1 Å². The molecule has 0 radical (unpaired) electrons. The van der Waals surface area contributed by atoms with E-state index in [4.69, 9.17) is 4.74 Å². The first kappa shape index (κ1) is 18.7. The van der Waals surface area contributed by atoms with Gasteiger partial charge in [-0.15, -0.1) is 0 Å². The molecule has 0 amide bonds. The zero-order chi connectivity index (χ0) is 18.9. The minimum absolute atomic E-state index is 0.124. The monoisotopic (exact) mass is 347 g/mol. The summed E-state index contributed by atoms with van der Waals surface area (Å²) in [4.78, 5) is 22.8. The highest BCUT2D eigenvalue weighted by Gasteiger charge is 2.19. The molecular weight excluding hydrogens is 330 g/mol. The van der Waals surface area contributed by atoms with E-state index in [1.165, 1.54) is 0 Å². The van der Waals surface area contributed by atoms with E-state index < -0.39 is 11.9 Å². The van der Waals surface area contributed by atoms with Gasteiger partial charge >= 0.3 is 11.9 Å². The van der Waals surface area contributed by atoms with E-state index >= 15 is 0 Å². The van der Waals surface area contributed by atoms with Gasteiger partial charge in [0.25, 0.3) is 0 Å². The Kier molecular flexibility index (Phi) is 6.47. The predicted molar refractivity (Wildman–Crippen MR) is 97.0 cm³/mol. The van der Waals surface area contributed by atoms with Gasteiger partial charge in [0.2, 0.25) is 0 Å². The maximum absolute atomic E-state index is 11.6. The number of carbonyl (C=O) groups is 2. The van der Waals surface area contributed by atoms with Crippen LogP contribution >= 0.6 is 0 Å². The number of carboxylic acids is 1. The van der Waals surface area contributed by atoms with E-state index in [-0.39, 0.29) is 12.2 Å². The number of esters is 1. The van der Waals surface area contributed by atoms with Gasteiger partial charge in [-0.2, -0.15) is 5.26 Å². The summed E-state index contributed by atoms with van der Waals surface area (Å²) in [6.45, 7) is 3.47. The molecule has 0 spiro atoms. The van der Waals surface area contributed by atoms with Crippen LogP contribution in [0.25, 0.3) is 5.57 Å². The summed E-state index contributed by atoms with van der Waals surface area (Å²) in [6.07, 6.45) is 1.46. The van der Waals surface area contributed by atoms with Crippen molar-refractivity contribution in [2.45, 2.75) is 6.42 Å². The molecule has 2 aromatic rings. The Bertz CT molecular complexity index is 892.